The first-order valence-electron chi connectivity index (χ1n) is 4.51. The minimum Gasteiger partial charge on any atom is -0.321 e. The molecule has 1 nitrogen and oxygen atoms in total. The molecule has 0 radical (unpaired) electrons. The molecule has 0 aliphatic heterocycles. The number of hydrogen-bond acceptors (Lipinski definition) is 1. The van der Waals surface area contributed by atoms with Crippen LogP contribution in [-0.2, 0) is 5.54 Å². The lowest BCUT2D eigenvalue weighted by Crippen LogP contribution is -2.25. The molecule has 1 saturated carbocycles. The predicted molar refractivity (Wildman–Crippen MR) is 58.4 cm³/mol. The van der Waals surface area contributed by atoms with E-state index in [1.165, 1.54) is 5.56 Å². The van der Waals surface area contributed by atoms with E-state index in [1.807, 2.05) is 12.1 Å². The van der Waals surface area contributed by atoms with Gasteiger partial charge >= 0.3 is 0 Å². The normalized spacial score (nSPS) is 30.2. The summed E-state index contributed by atoms with van der Waals surface area (Å²) < 4.78 is 1.11. The van der Waals surface area contributed by atoms with Gasteiger partial charge in [0.05, 0.1) is 0 Å². The van der Waals surface area contributed by atoms with E-state index in [2.05, 4.69) is 41.9 Å². The van der Waals surface area contributed by atoms with Crippen molar-refractivity contribution in [2.75, 3.05) is 0 Å². The zero-order valence-electron chi connectivity index (χ0n) is 7.97. The third-order valence-corrected chi connectivity index (χ3v) is 3.64. The molecule has 0 bridgehead atoms. The van der Waals surface area contributed by atoms with Crippen molar-refractivity contribution >= 4 is 15.9 Å². The van der Waals surface area contributed by atoms with Crippen LogP contribution in [0.3, 0.4) is 0 Å². The van der Waals surface area contributed by atoms with Gasteiger partial charge in [-0.25, -0.2) is 0 Å². The van der Waals surface area contributed by atoms with Crippen molar-refractivity contribution in [2.24, 2.45) is 11.1 Å². The highest BCUT2D eigenvalue weighted by Gasteiger charge is 2.59. The Morgan fingerprint density at radius 1 is 1.38 bits per heavy atom. The molecule has 1 fully saturated rings. The van der Waals surface area contributed by atoms with Gasteiger partial charge in [-0.15, -0.1) is 0 Å². The maximum absolute atomic E-state index is 6.29. The van der Waals surface area contributed by atoms with Gasteiger partial charge in [0.15, 0.2) is 0 Å². The number of rotatable bonds is 1. The quantitative estimate of drug-likeness (QED) is 0.802. The number of halogens is 1. The zero-order chi connectivity index (χ0) is 9.69. The Kier molecular flexibility index (Phi) is 1.83. The molecule has 0 spiro atoms. The van der Waals surface area contributed by atoms with Crippen LogP contribution in [0, 0.1) is 5.41 Å². The third kappa shape index (κ3) is 1.32. The summed E-state index contributed by atoms with van der Waals surface area (Å²) in [6.07, 6.45) is 1.08. The molecule has 0 aromatic heterocycles. The fraction of sp³-hybridized carbons (Fsp3) is 0.455. The molecular weight excluding hydrogens is 226 g/mol. The molecule has 1 aliphatic carbocycles. The van der Waals surface area contributed by atoms with E-state index in [1.54, 1.807) is 0 Å². The molecule has 1 aromatic carbocycles. The minimum atomic E-state index is -0.100. The lowest BCUT2D eigenvalue weighted by Gasteiger charge is -2.15. The minimum absolute atomic E-state index is 0.100. The third-order valence-electron chi connectivity index (χ3n) is 3.14. The summed E-state index contributed by atoms with van der Waals surface area (Å²) in [6.45, 7) is 4.43. The number of benzene rings is 1. The van der Waals surface area contributed by atoms with Crippen molar-refractivity contribution in [1.82, 2.24) is 0 Å². The smallest absolute Gasteiger partial charge is 0.0468 e. The summed E-state index contributed by atoms with van der Waals surface area (Å²) in [7, 11) is 0. The highest BCUT2D eigenvalue weighted by atomic mass is 79.9. The van der Waals surface area contributed by atoms with Crippen molar-refractivity contribution in [2.45, 2.75) is 25.8 Å². The van der Waals surface area contributed by atoms with Crippen LogP contribution >= 0.6 is 15.9 Å². The van der Waals surface area contributed by atoms with Gasteiger partial charge in [0.1, 0.15) is 0 Å². The van der Waals surface area contributed by atoms with Crippen LogP contribution in [0.4, 0.5) is 0 Å². The summed E-state index contributed by atoms with van der Waals surface area (Å²) in [6, 6.07) is 8.30. The van der Waals surface area contributed by atoms with Crippen LogP contribution in [-0.4, -0.2) is 0 Å². The van der Waals surface area contributed by atoms with Crippen LogP contribution in [0.5, 0.6) is 0 Å². The van der Waals surface area contributed by atoms with E-state index in [0.29, 0.717) is 0 Å². The van der Waals surface area contributed by atoms with Gasteiger partial charge in [-0.2, -0.15) is 0 Å². The van der Waals surface area contributed by atoms with Crippen molar-refractivity contribution in [3.8, 4) is 0 Å². The van der Waals surface area contributed by atoms with Crippen molar-refractivity contribution in [3.63, 3.8) is 0 Å². The Morgan fingerprint density at radius 3 is 2.46 bits per heavy atom. The molecule has 1 aromatic rings. The largest absolute Gasteiger partial charge is 0.321 e. The van der Waals surface area contributed by atoms with Gasteiger partial charge < -0.3 is 5.73 Å². The second kappa shape index (κ2) is 2.58. The average Bonchev–Trinajstić information content (AvgIpc) is 2.53. The standard InChI is InChI=1S/C11H14BrN/c1-10(2)7-11(10,13)8-4-3-5-9(12)6-8/h3-6H,7,13H2,1-2H3. The molecule has 1 aliphatic rings. The summed E-state index contributed by atoms with van der Waals surface area (Å²) in [4.78, 5) is 0. The lowest BCUT2D eigenvalue weighted by molar-refractivity contribution is 0.510. The molecule has 2 heteroatoms. The molecule has 0 heterocycles. The second-order valence-electron chi connectivity index (χ2n) is 4.54. The average molecular weight is 240 g/mol. The zero-order valence-corrected chi connectivity index (χ0v) is 9.56. The maximum atomic E-state index is 6.29. The fourth-order valence-electron chi connectivity index (χ4n) is 1.91. The first kappa shape index (κ1) is 9.22. The van der Waals surface area contributed by atoms with Gasteiger partial charge in [-0.3, -0.25) is 0 Å². The first-order chi connectivity index (χ1) is 5.96. The Labute approximate surface area is 87.5 Å². The highest BCUT2D eigenvalue weighted by Crippen LogP contribution is 2.60. The van der Waals surface area contributed by atoms with Crippen molar-refractivity contribution < 1.29 is 0 Å². The fourth-order valence-corrected chi connectivity index (χ4v) is 2.31. The van der Waals surface area contributed by atoms with Crippen LogP contribution in [0.25, 0.3) is 0 Å². The van der Waals surface area contributed by atoms with Crippen LogP contribution in [0.15, 0.2) is 28.7 Å². The molecular formula is C11H14BrN. The lowest BCUT2D eigenvalue weighted by atomic mass is 9.97. The van der Waals surface area contributed by atoms with Gasteiger partial charge in [0, 0.05) is 10.0 Å². The Bertz CT molecular complexity index is 346. The summed E-state index contributed by atoms with van der Waals surface area (Å²) in [5, 5.41) is 0. The Hall–Kier alpha value is -0.340. The molecule has 2 rings (SSSR count). The molecule has 1 unspecified atom stereocenters. The van der Waals surface area contributed by atoms with E-state index >= 15 is 0 Å². The molecule has 0 amide bonds. The molecule has 0 saturated heterocycles. The first-order valence-corrected chi connectivity index (χ1v) is 5.30. The summed E-state index contributed by atoms with van der Waals surface area (Å²) in [5.41, 5.74) is 7.69. The monoisotopic (exact) mass is 239 g/mol. The van der Waals surface area contributed by atoms with E-state index in [9.17, 15) is 0 Å². The van der Waals surface area contributed by atoms with Crippen molar-refractivity contribution in [1.29, 1.82) is 0 Å². The van der Waals surface area contributed by atoms with Gasteiger partial charge in [-0.1, -0.05) is 41.9 Å². The Balaban J connectivity index is 2.38. The molecule has 70 valence electrons. The van der Waals surface area contributed by atoms with Gasteiger partial charge in [-0.05, 0) is 29.5 Å². The van der Waals surface area contributed by atoms with E-state index in [0.717, 1.165) is 10.9 Å². The molecule has 1 atom stereocenters. The van der Waals surface area contributed by atoms with E-state index < -0.39 is 0 Å². The van der Waals surface area contributed by atoms with Crippen LogP contribution < -0.4 is 5.73 Å². The number of nitrogens with two attached hydrogens (primary N) is 1. The predicted octanol–water partition coefficient (Wildman–Crippen LogP) is 3.03. The summed E-state index contributed by atoms with van der Waals surface area (Å²) >= 11 is 3.46. The molecule has 13 heavy (non-hydrogen) atoms. The SMILES string of the molecule is CC1(C)CC1(N)c1cccc(Br)c1. The van der Waals surface area contributed by atoms with Crippen molar-refractivity contribution in [3.05, 3.63) is 34.3 Å². The van der Waals surface area contributed by atoms with E-state index in [4.69, 9.17) is 5.73 Å². The highest BCUT2D eigenvalue weighted by molar-refractivity contribution is 9.10. The molecule has 2 N–H and O–H groups in total. The Morgan fingerprint density at radius 2 is 2.00 bits per heavy atom. The maximum Gasteiger partial charge on any atom is 0.0468 e. The van der Waals surface area contributed by atoms with E-state index in [-0.39, 0.29) is 11.0 Å². The second-order valence-corrected chi connectivity index (χ2v) is 5.46. The number of hydrogen-bond donors (Lipinski definition) is 1. The van der Waals surface area contributed by atoms with Gasteiger partial charge in [0.2, 0.25) is 0 Å². The van der Waals surface area contributed by atoms with Crippen LogP contribution in [0.1, 0.15) is 25.8 Å². The van der Waals surface area contributed by atoms with Gasteiger partial charge in [0.25, 0.3) is 0 Å². The summed E-state index contributed by atoms with van der Waals surface area (Å²) in [5.74, 6) is 0. The van der Waals surface area contributed by atoms with Crippen LogP contribution in [0.2, 0.25) is 0 Å². The topological polar surface area (TPSA) is 26.0 Å².